The van der Waals surface area contributed by atoms with Crippen molar-refractivity contribution in [3.05, 3.63) is 206 Å². The summed E-state index contributed by atoms with van der Waals surface area (Å²) in [5.74, 6) is 0.697. The molecule has 0 amide bonds. The van der Waals surface area contributed by atoms with Crippen LogP contribution in [0.2, 0.25) is 0 Å². The summed E-state index contributed by atoms with van der Waals surface area (Å²) in [5.41, 5.74) is 14.2. The van der Waals surface area contributed by atoms with Gasteiger partial charge < -0.3 is 4.57 Å². The van der Waals surface area contributed by atoms with Crippen LogP contribution in [0.15, 0.2) is 206 Å². The number of hydrogen-bond acceptors (Lipinski definition) is 2. The van der Waals surface area contributed by atoms with Gasteiger partial charge >= 0.3 is 0 Å². The van der Waals surface area contributed by atoms with Gasteiger partial charge in [0.2, 0.25) is 0 Å². The van der Waals surface area contributed by atoms with Crippen molar-refractivity contribution in [1.29, 1.82) is 0 Å². The maximum absolute atomic E-state index is 5.36. The van der Waals surface area contributed by atoms with E-state index in [9.17, 15) is 0 Å². The van der Waals surface area contributed by atoms with E-state index in [1.165, 1.54) is 32.9 Å². The van der Waals surface area contributed by atoms with E-state index in [0.717, 1.165) is 61.3 Å². The summed E-state index contributed by atoms with van der Waals surface area (Å²) in [4.78, 5) is 10.7. The molecule has 0 N–H and O–H groups in total. The van der Waals surface area contributed by atoms with Gasteiger partial charge in [-0.2, -0.15) is 0 Å². The summed E-state index contributed by atoms with van der Waals surface area (Å²) in [6.45, 7) is 0. The maximum Gasteiger partial charge on any atom is 0.162 e. The minimum Gasteiger partial charge on any atom is -0.309 e. The molecule has 0 saturated carbocycles. The van der Waals surface area contributed by atoms with Crippen LogP contribution in [0.4, 0.5) is 0 Å². The van der Waals surface area contributed by atoms with Gasteiger partial charge in [-0.25, -0.2) is 9.97 Å². The van der Waals surface area contributed by atoms with Crippen LogP contribution in [0.1, 0.15) is 0 Å². The van der Waals surface area contributed by atoms with E-state index in [1.54, 1.807) is 0 Å². The maximum atomic E-state index is 5.36. The van der Waals surface area contributed by atoms with Gasteiger partial charge in [0.15, 0.2) is 5.82 Å². The molecule has 56 heavy (non-hydrogen) atoms. The molecule has 0 saturated heterocycles. The van der Waals surface area contributed by atoms with E-state index in [2.05, 4.69) is 197 Å². The molecule has 4 nitrogen and oxygen atoms in total. The van der Waals surface area contributed by atoms with E-state index < -0.39 is 0 Å². The van der Waals surface area contributed by atoms with Gasteiger partial charge in [0.05, 0.1) is 27.6 Å². The van der Waals surface area contributed by atoms with E-state index in [1.807, 2.05) is 18.2 Å². The topological polar surface area (TPSA) is 35.6 Å². The molecule has 3 aromatic heterocycles. The Morgan fingerprint density at radius 1 is 0.321 bits per heavy atom. The Balaban J connectivity index is 1.10. The summed E-state index contributed by atoms with van der Waals surface area (Å²) in [7, 11) is 0. The molecule has 0 atom stereocenters. The minimum atomic E-state index is 0.697. The number of benzene rings is 8. The zero-order valence-corrected chi connectivity index (χ0v) is 30.4. The summed E-state index contributed by atoms with van der Waals surface area (Å²) < 4.78 is 4.65. The first-order chi connectivity index (χ1) is 27.8. The van der Waals surface area contributed by atoms with Crippen molar-refractivity contribution in [2.45, 2.75) is 0 Å². The largest absolute Gasteiger partial charge is 0.309 e. The Morgan fingerprint density at radius 2 is 0.804 bits per heavy atom. The van der Waals surface area contributed by atoms with Gasteiger partial charge in [-0.3, -0.25) is 4.57 Å². The van der Waals surface area contributed by atoms with E-state index in [-0.39, 0.29) is 0 Å². The molecule has 11 aromatic rings. The van der Waals surface area contributed by atoms with Crippen LogP contribution in [-0.2, 0) is 0 Å². The van der Waals surface area contributed by atoms with E-state index >= 15 is 0 Å². The van der Waals surface area contributed by atoms with Crippen LogP contribution in [0.3, 0.4) is 0 Å². The molecule has 0 bridgehead atoms. The van der Waals surface area contributed by atoms with Gasteiger partial charge in [0.1, 0.15) is 5.65 Å². The third-order valence-corrected chi connectivity index (χ3v) is 10.9. The molecule has 262 valence electrons. The molecule has 0 unspecified atom stereocenters. The van der Waals surface area contributed by atoms with Crippen molar-refractivity contribution < 1.29 is 0 Å². The van der Waals surface area contributed by atoms with Gasteiger partial charge in [-0.15, -0.1) is 0 Å². The third kappa shape index (κ3) is 5.15. The highest BCUT2D eigenvalue weighted by Crippen LogP contribution is 2.41. The van der Waals surface area contributed by atoms with Crippen molar-refractivity contribution >= 4 is 43.7 Å². The highest BCUT2D eigenvalue weighted by Gasteiger charge is 2.21. The van der Waals surface area contributed by atoms with Crippen molar-refractivity contribution in [3.63, 3.8) is 0 Å². The van der Waals surface area contributed by atoms with Gasteiger partial charge in [-0.1, -0.05) is 152 Å². The monoisotopic (exact) mass is 714 g/mol. The summed E-state index contributed by atoms with van der Waals surface area (Å²) in [6.07, 6.45) is 0. The van der Waals surface area contributed by atoms with Crippen molar-refractivity contribution in [1.82, 2.24) is 19.1 Å². The molecule has 0 aliphatic heterocycles. The van der Waals surface area contributed by atoms with Crippen molar-refractivity contribution in [2.24, 2.45) is 0 Å². The fourth-order valence-corrected chi connectivity index (χ4v) is 8.44. The quantitative estimate of drug-likeness (QED) is 0.172. The first kappa shape index (κ1) is 31.9. The number of para-hydroxylation sites is 4. The highest BCUT2D eigenvalue weighted by atomic mass is 15.1. The second kappa shape index (κ2) is 13.1. The lowest BCUT2D eigenvalue weighted by Gasteiger charge is -2.12. The van der Waals surface area contributed by atoms with Crippen LogP contribution in [-0.4, -0.2) is 19.1 Å². The lowest BCUT2D eigenvalue weighted by atomic mass is 9.94. The zero-order chi connectivity index (χ0) is 37.0. The third-order valence-electron chi connectivity index (χ3n) is 10.9. The first-order valence-electron chi connectivity index (χ1n) is 19.0. The number of aromatic nitrogens is 4. The fourth-order valence-electron chi connectivity index (χ4n) is 8.44. The first-order valence-corrected chi connectivity index (χ1v) is 19.0. The number of fused-ring (bicyclic) bond motifs is 6. The Morgan fingerprint density at radius 3 is 1.50 bits per heavy atom. The molecule has 3 heterocycles. The second-order valence-electron chi connectivity index (χ2n) is 14.2. The molecular weight excluding hydrogens is 681 g/mol. The predicted molar refractivity (Wildman–Crippen MR) is 232 cm³/mol. The standard InChI is InChI=1S/C52H34N4/c1-4-17-35(18-5-1)51-53-50(49-44-28-11-13-31-46(44)56(52(49)54-51)41-25-8-3-9-26-41)39-22-15-20-37(34-39)36-19-14-21-38(33-36)42-29-16-32-47-48(42)43-27-10-12-30-45(43)55(47)40-23-6-2-7-24-40/h1-34H. The SMILES string of the molecule is c1ccc(-c2nc(-c3cccc(-c4cccc(-c5cccc6c5c5ccccc5n6-c5ccccc5)c4)c3)c3c4ccccc4n(-c4ccccc4)c3n2)cc1. The molecule has 0 fully saturated rings. The van der Waals surface area contributed by atoms with Crippen LogP contribution in [0.5, 0.6) is 0 Å². The Bertz CT molecular complexity index is 3230. The summed E-state index contributed by atoms with van der Waals surface area (Å²) in [6, 6.07) is 73.2. The van der Waals surface area contributed by atoms with E-state index in [0.29, 0.717) is 5.82 Å². The van der Waals surface area contributed by atoms with Gasteiger partial charge in [0, 0.05) is 38.7 Å². The molecular formula is C52H34N4. The zero-order valence-electron chi connectivity index (χ0n) is 30.4. The minimum absolute atomic E-state index is 0.697. The molecule has 0 aliphatic carbocycles. The number of hydrogen-bond donors (Lipinski definition) is 0. The Labute approximate surface area is 324 Å². The van der Waals surface area contributed by atoms with Crippen molar-refractivity contribution in [2.75, 3.05) is 0 Å². The normalized spacial score (nSPS) is 11.6. The van der Waals surface area contributed by atoms with Crippen LogP contribution in [0, 0.1) is 0 Å². The lowest BCUT2D eigenvalue weighted by Crippen LogP contribution is -1.99. The average Bonchev–Trinajstić information content (AvgIpc) is 3.80. The number of rotatable bonds is 6. The average molecular weight is 715 g/mol. The van der Waals surface area contributed by atoms with E-state index in [4.69, 9.17) is 9.97 Å². The van der Waals surface area contributed by atoms with Gasteiger partial charge in [-0.05, 0) is 76.9 Å². The van der Waals surface area contributed by atoms with Crippen LogP contribution in [0.25, 0.3) is 100 Å². The van der Waals surface area contributed by atoms with Crippen molar-refractivity contribution in [3.8, 4) is 56.3 Å². The van der Waals surface area contributed by atoms with Crippen LogP contribution >= 0.6 is 0 Å². The molecule has 11 rings (SSSR count). The molecule has 0 spiro atoms. The molecule has 8 aromatic carbocycles. The molecule has 0 aliphatic rings. The molecule has 4 heteroatoms. The predicted octanol–water partition coefficient (Wildman–Crippen LogP) is 13.3. The highest BCUT2D eigenvalue weighted by molar-refractivity contribution is 6.16. The Hall–Kier alpha value is -7.56. The second-order valence-corrected chi connectivity index (χ2v) is 14.2. The summed E-state index contributed by atoms with van der Waals surface area (Å²) in [5, 5.41) is 4.66. The summed E-state index contributed by atoms with van der Waals surface area (Å²) >= 11 is 0. The molecule has 0 radical (unpaired) electrons. The van der Waals surface area contributed by atoms with Crippen LogP contribution < -0.4 is 0 Å². The number of nitrogens with zero attached hydrogens (tertiary/aromatic N) is 4. The smallest absolute Gasteiger partial charge is 0.162 e. The fraction of sp³-hybridized carbons (Fsp3) is 0. The Kier molecular flexibility index (Phi) is 7.46. The van der Waals surface area contributed by atoms with Gasteiger partial charge in [0.25, 0.3) is 0 Å². The lowest BCUT2D eigenvalue weighted by molar-refractivity contribution is 1.11.